The van der Waals surface area contributed by atoms with Crippen LogP contribution in [0.5, 0.6) is 0 Å². The van der Waals surface area contributed by atoms with Crippen LogP contribution in [0.4, 0.5) is 16.2 Å². The summed E-state index contributed by atoms with van der Waals surface area (Å²) in [6, 6.07) is 5.72. The lowest BCUT2D eigenvalue weighted by atomic mass is 10.2. The number of nitrogens with one attached hydrogen (secondary N) is 2. The molecule has 10 nitrogen and oxygen atoms in total. The van der Waals surface area contributed by atoms with Crippen molar-refractivity contribution in [1.82, 2.24) is 0 Å². The highest BCUT2D eigenvalue weighted by Gasteiger charge is 2.32. The Morgan fingerprint density at radius 1 is 0.897 bits per heavy atom. The van der Waals surface area contributed by atoms with E-state index in [0.717, 1.165) is 14.2 Å². The van der Waals surface area contributed by atoms with Gasteiger partial charge in [-0.3, -0.25) is 10.0 Å². The molecule has 0 saturated carbocycles. The number of carbonyl (C=O) groups excluding carboxylic acids is 3. The number of hydrogen-bond acceptors (Lipinski definition) is 9. The summed E-state index contributed by atoms with van der Waals surface area (Å²) in [6.07, 6.45) is -0.676. The minimum Gasteiger partial charge on any atom is -0.465 e. The third-order valence-electron chi connectivity index (χ3n) is 3.69. The molecule has 0 atom stereocenters. The van der Waals surface area contributed by atoms with Crippen molar-refractivity contribution in [3.8, 4) is 0 Å². The second-order valence-corrected chi connectivity index (χ2v) is 8.40. The average molecular weight is 442 g/mol. The van der Waals surface area contributed by atoms with Gasteiger partial charge in [0.25, 0.3) is 10.0 Å². The first-order valence-corrected chi connectivity index (χ1v) is 10.2. The molecule has 1 aromatic heterocycles. The van der Waals surface area contributed by atoms with Crippen molar-refractivity contribution in [3.63, 3.8) is 0 Å². The van der Waals surface area contributed by atoms with Crippen molar-refractivity contribution in [2.75, 3.05) is 31.4 Å². The zero-order valence-corrected chi connectivity index (χ0v) is 17.5. The molecule has 0 radical (unpaired) electrons. The number of sulfonamides is 1. The first-order chi connectivity index (χ1) is 13.6. The predicted octanol–water partition coefficient (Wildman–Crippen LogP) is 2.61. The Balaban J connectivity index is 2.41. The zero-order chi connectivity index (χ0) is 21.8. The second-order valence-electron chi connectivity index (χ2n) is 5.50. The number of methoxy groups -OCH3 is 3. The monoisotopic (exact) mass is 442 g/mol. The molecule has 29 heavy (non-hydrogen) atoms. The molecule has 0 spiro atoms. The van der Waals surface area contributed by atoms with Gasteiger partial charge in [-0.15, -0.1) is 11.3 Å². The molecule has 0 unspecified atom stereocenters. The highest BCUT2D eigenvalue weighted by molar-refractivity contribution is 7.94. The van der Waals surface area contributed by atoms with E-state index in [1.807, 2.05) is 0 Å². The summed E-state index contributed by atoms with van der Waals surface area (Å²) in [5, 5.41) is 2.43. The van der Waals surface area contributed by atoms with Crippen LogP contribution < -0.4 is 10.0 Å². The van der Waals surface area contributed by atoms with Gasteiger partial charge in [0.2, 0.25) is 0 Å². The Morgan fingerprint density at radius 2 is 1.45 bits per heavy atom. The lowest BCUT2D eigenvalue weighted by Crippen LogP contribution is -2.16. The number of anilines is 2. The van der Waals surface area contributed by atoms with E-state index in [-0.39, 0.29) is 25.9 Å². The fourth-order valence-corrected chi connectivity index (χ4v) is 5.10. The van der Waals surface area contributed by atoms with E-state index in [2.05, 4.69) is 24.2 Å². The highest BCUT2D eigenvalue weighted by atomic mass is 32.2. The lowest BCUT2D eigenvalue weighted by Gasteiger charge is -2.09. The molecule has 1 aromatic carbocycles. The van der Waals surface area contributed by atoms with Gasteiger partial charge in [-0.25, -0.2) is 22.8 Å². The molecule has 12 heteroatoms. The summed E-state index contributed by atoms with van der Waals surface area (Å²) in [5.41, 5.74) is 0.456. The Labute approximate surface area is 170 Å². The van der Waals surface area contributed by atoms with Gasteiger partial charge in [-0.1, -0.05) is 0 Å². The van der Waals surface area contributed by atoms with Crippen molar-refractivity contribution in [1.29, 1.82) is 0 Å². The average Bonchev–Trinajstić information content (AvgIpc) is 3.06. The molecule has 1 heterocycles. The van der Waals surface area contributed by atoms with Crippen LogP contribution >= 0.6 is 11.3 Å². The standard InChI is InChI=1S/C17H18N2O8S2/c1-9-12(14(20)25-2)16(28-13(9)15(21)26-3)29(23,24)19-11-7-5-10(6-8-11)18-17(22)27-4/h5-8,19H,1-4H3,(H,18,22). The van der Waals surface area contributed by atoms with Crippen LogP contribution in [-0.4, -0.2) is 47.8 Å². The molecule has 2 aromatic rings. The van der Waals surface area contributed by atoms with Crippen molar-refractivity contribution in [3.05, 3.63) is 40.3 Å². The Kier molecular flexibility index (Phi) is 6.82. The topological polar surface area (TPSA) is 137 Å². The minimum atomic E-state index is -4.24. The van der Waals surface area contributed by atoms with Crippen molar-refractivity contribution < 1.29 is 37.0 Å². The summed E-state index contributed by atoms with van der Waals surface area (Å²) in [6.45, 7) is 1.43. The third-order valence-corrected chi connectivity index (χ3v) is 6.86. The predicted molar refractivity (Wildman–Crippen MR) is 105 cm³/mol. The maximum absolute atomic E-state index is 12.9. The zero-order valence-electron chi connectivity index (χ0n) is 15.9. The molecule has 0 bridgehead atoms. The number of esters is 2. The molecule has 0 aliphatic carbocycles. The second kappa shape index (κ2) is 8.92. The van der Waals surface area contributed by atoms with Crippen LogP contribution in [0.3, 0.4) is 0 Å². The van der Waals surface area contributed by atoms with Crippen LogP contribution in [0.25, 0.3) is 0 Å². The number of amides is 1. The van der Waals surface area contributed by atoms with Crippen LogP contribution in [0.15, 0.2) is 28.5 Å². The van der Waals surface area contributed by atoms with Gasteiger partial charge in [-0.05, 0) is 36.8 Å². The van der Waals surface area contributed by atoms with Crippen LogP contribution in [-0.2, 0) is 24.2 Å². The maximum atomic E-state index is 12.9. The number of rotatable bonds is 6. The molecule has 2 N–H and O–H groups in total. The van der Waals surface area contributed by atoms with Gasteiger partial charge in [0.15, 0.2) is 4.21 Å². The normalized spacial score (nSPS) is 10.8. The minimum absolute atomic E-state index is 0.0223. The summed E-state index contributed by atoms with van der Waals surface area (Å²) in [5.74, 6) is -1.66. The highest BCUT2D eigenvalue weighted by Crippen LogP contribution is 2.34. The van der Waals surface area contributed by atoms with Gasteiger partial charge in [-0.2, -0.15) is 0 Å². The number of thiophene rings is 1. The molecule has 0 fully saturated rings. The maximum Gasteiger partial charge on any atom is 0.411 e. The molecule has 0 saturated heterocycles. The van der Waals surface area contributed by atoms with Gasteiger partial charge in [0.05, 0.1) is 26.9 Å². The first-order valence-electron chi connectivity index (χ1n) is 7.92. The van der Waals surface area contributed by atoms with E-state index in [9.17, 15) is 22.8 Å². The van der Waals surface area contributed by atoms with E-state index in [0.29, 0.717) is 17.0 Å². The Hall–Kier alpha value is -3.12. The quantitative estimate of drug-likeness (QED) is 0.514. The van der Waals surface area contributed by atoms with Crippen molar-refractivity contribution >= 4 is 50.8 Å². The van der Waals surface area contributed by atoms with Crippen LogP contribution in [0.2, 0.25) is 0 Å². The lowest BCUT2D eigenvalue weighted by molar-refractivity contribution is 0.0596. The van der Waals surface area contributed by atoms with E-state index in [1.54, 1.807) is 0 Å². The number of ether oxygens (including phenoxy) is 3. The van der Waals surface area contributed by atoms with E-state index < -0.39 is 28.1 Å². The number of benzene rings is 1. The SMILES string of the molecule is COC(=O)Nc1ccc(NS(=O)(=O)c2sc(C(=O)OC)c(C)c2C(=O)OC)cc1. The molecular weight excluding hydrogens is 424 g/mol. The molecule has 0 aliphatic heterocycles. The largest absolute Gasteiger partial charge is 0.465 e. The van der Waals surface area contributed by atoms with Crippen molar-refractivity contribution in [2.45, 2.75) is 11.1 Å². The molecule has 2 rings (SSSR count). The Morgan fingerprint density at radius 3 is 1.97 bits per heavy atom. The molecule has 156 valence electrons. The van der Waals surface area contributed by atoms with E-state index in [1.165, 1.54) is 38.3 Å². The molecular formula is C17H18N2O8S2. The first kappa shape index (κ1) is 22.2. The fraction of sp³-hybridized carbons (Fsp3) is 0.235. The number of hydrogen-bond donors (Lipinski definition) is 2. The van der Waals surface area contributed by atoms with Gasteiger partial charge in [0.1, 0.15) is 4.88 Å². The van der Waals surface area contributed by atoms with Crippen molar-refractivity contribution in [2.24, 2.45) is 0 Å². The van der Waals surface area contributed by atoms with Gasteiger partial charge >= 0.3 is 18.0 Å². The van der Waals surface area contributed by atoms with E-state index >= 15 is 0 Å². The smallest absolute Gasteiger partial charge is 0.411 e. The number of carbonyl (C=O) groups is 3. The summed E-state index contributed by atoms with van der Waals surface area (Å²) in [4.78, 5) is 35.2. The molecule has 0 aliphatic rings. The molecule has 1 amide bonds. The summed E-state index contributed by atoms with van der Waals surface area (Å²) in [7, 11) is -0.771. The van der Waals surface area contributed by atoms with Crippen LogP contribution in [0.1, 0.15) is 25.6 Å². The summed E-state index contributed by atoms with van der Waals surface area (Å²) >= 11 is 0.604. The van der Waals surface area contributed by atoms with Gasteiger partial charge in [0, 0.05) is 11.4 Å². The fourth-order valence-electron chi connectivity index (χ4n) is 2.29. The van der Waals surface area contributed by atoms with Crippen LogP contribution in [0, 0.1) is 6.92 Å². The van der Waals surface area contributed by atoms with Gasteiger partial charge < -0.3 is 14.2 Å². The third kappa shape index (κ3) is 4.84. The summed E-state index contributed by atoms with van der Waals surface area (Å²) < 4.78 is 41.5. The van der Waals surface area contributed by atoms with E-state index in [4.69, 9.17) is 0 Å². The Bertz CT molecular complexity index is 1040.